The standard InChI is InChI=1S/C22H25FN4/c1-26(2)27-22(18-6-4-3-5-7-18)20(16-12-14-24-15-13-16)21(25-27)17-8-10-19(23)11-9-17/h8-15,18H,3-7H2,1-2H3. The molecule has 0 bridgehead atoms. The summed E-state index contributed by atoms with van der Waals surface area (Å²) in [5, 5.41) is 6.99. The van der Waals surface area contributed by atoms with E-state index in [0.717, 1.165) is 22.4 Å². The molecule has 0 radical (unpaired) electrons. The van der Waals surface area contributed by atoms with Crippen LogP contribution < -0.4 is 5.01 Å². The maximum absolute atomic E-state index is 13.5. The van der Waals surface area contributed by atoms with Gasteiger partial charge in [-0.2, -0.15) is 9.89 Å². The third-order valence-electron chi connectivity index (χ3n) is 5.36. The predicted molar refractivity (Wildman–Crippen MR) is 107 cm³/mol. The van der Waals surface area contributed by atoms with Crippen molar-refractivity contribution in [2.45, 2.75) is 38.0 Å². The molecular weight excluding hydrogens is 339 g/mol. The van der Waals surface area contributed by atoms with Gasteiger partial charge in [0.15, 0.2) is 0 Å². The van der Waals surface area contributed by atoms with Crippen molar-refractivity contribution in [2.24, 2.45) is 0 Å². The Labute approximate surface area is 159 Å². The minimum atomic E-state index is -0.233. The van der Waals surface area contributed by atoms with Gasteiger partial charge < -0.3 is 5.01 Å². The van der Waals surface area contributed by atoms with Crippen LogP contribution in [0.4, 0.5) is 4.39 Å². The molecule has 1 aliphatic rings. The average molecular weight is 364 g/mol. The highest BCUT2D eigenvalue weighted by Gasteiger charge is 2.28. The highest BCUT2D eigenvalue weighted by atomic mass is 19.1. The number of nitrogens with zero attached hydrogens (tertiary/aromatic N) is 4. The molecule has 1 aliphatic carbocycles. The molecule has 1 saturated carbocycles. The van der Waals surface area contributed by atoms with Gasteiger partial charge in [0.05, 0.1) is 5.69 Å². The Bertz CT molecular complexity index is 894. The largest absolute Gasteiger partial charge is 0.303 e. The number of halogens is 1. The molecule has 0 saturated heterocycles. The molecular formula is C22H25FN4. The molecule has 1 aromatic carbocycles. The highest BCUT2D eigenvalue weighted by Crippen LogP contribution is 2.42. The molecule has 4 rings (SSSR count). The molecule has 1 fully saturated rings. The van der Waals surface area contributed by atoms with Crippen LogP contribution in [0, 0.1) is 5.82 Å². The first-order chi connectivity index (χ1) is 13.1. The zero-order chi connectivity index (χ0) is 18.8. The predicted octanol–water partition coefficient (Wildman–Crippen LogP) is 5.00. The summed E-state index contributed by atoms with van der Waals surface area (Å²) in [4.78, 5) is 6.21. The van der Waals surface area contributed by atoms with Crippen molar-refractivity contribution in [1.29, 1.82) is 0 Å². The molecule has 0 aliphatic heterocycles. The Kier molecular flexibility index (Phi) is 4.92. The van der Waals surface area contributed by atoms with Gasteiger partial charge in [-0.25, -0.2) is 4.39 Å². The van der Waals surface area contributed by atoms with Crippen molar-refractivity contribution in [3.63, 3.8) is 0 Å². The number of hydrogen-bond acceptors (Lipinski definition) is 3. The van der Waals surface area contributed by atoms with E-state index < -0.39 is 0 Å². The van der Waals surface area contributed by atoms with Gasteiger partial charge in [-0.3, -0.25) is 4.98 Å². The van der Waals surface area contributed by atoms with Crippen molar-refractivity contribution in [1.82, 2.24) is 14.9 Å². The molecule has 5 heteroatoms. The monoisotopic (exact) mass is 364 g/mol. The quantitative estimate of drug-likeness (QED) is 0.653. The third-order valence-corrected chi connectivity index (χ3v) is 5.36. The van der Waals surface area contributed by atoms with Crippen LogP contribution in [-0.4, -0.2) is 29.0 Å². The lowest BCUT2D eigenvalue weighted by atomic mass is 9.83. The Morgan fingerprint density at radius 1 is 0.926 bits per heavy atom. The summed E-state index contributed by atoms with van der Waals surface area (Å²) >= 11 is 0. The van der Waals surface area contributed by atoms with Gasteiger partial charge in [-0.05, 0) is 54.8 Å². The molecule has 27 heavy (non-hydrogen) atoms. The van der Waals surface area contributed by atoms with Gasteiger partial charge >= 0.3 is 0 Å². The fourth-order valence-corrected chi connectivity index (χ4v) is 4.08. The number of rotatable bonds is 4. The van der Waals surface area contributed by atoms with E-state index in [0.29, 0.717) is 5.92 Å². The third kappa shape index (κ3) is 3.46. The number of hydrogen-bond donors (Lipinski definition) is 0. The molecule has 0 spiro atoms. The Balaban J connectivity index is 1.96. The number of pyridine rings is 1. The van der Waals surface area contributed by atoms with E-state index in [9.17, 15) is 4.39 Å². The van der Waals surface area contributed by atoms with Crippen LogP contribution in [0.1, 0.15) is 43.7 Å². The minimum absolute atomic E-state index is 0.233. The topological polar surface area (TPSA) is 34.0 Å². The Morgan fingerprint density at radius 2 is 1.59 bits per heavy atom. The van der Waals surface area contributed by atoms with Crippen LogP contribution in [0.25, 0.3) is 22.4 Å². The van der Waals surface area contributed by atoms with E-state index in [1.165, 1.54) is 49.9 Å². The van der Waals surface area contributed by atoms with E-state index >= 15 is 0 Å². The first-order valence-corrected chi connectivity index (χ1v) is 9.62. The van der Waals surface area contributed by atoms with Crippen molar-refractivity contribution < 1.29 is 4.39 Å². The van der Waals surface area contributed by atoms with Crippen LogP contribution >= 0.6 is 0 Å². The second-order valence-corrected chi connectivity index (χ2v) is 7.42. The maximum Gasteiger partial charge on any atom is 0.123 e. The van der Waals surface area contributed by atoms with Gasteiger partial charge in [-0.1, -0.05) is 19.3 Å². The highest BCUT2D eigenvalue weighted by molar-refractivity contribution is 5.83. The fraction of sp³-hybridized carbons (Fsp3) is 0.364. The maximum atomic E-state index is 13.5. The molecule has 2 aromatic heterocycles. The van der Waals surface area contributed by atoms with Gasteiger partial charge in [0.25, 0.3) is 0 Å². The zero-order valence-corrected chi connectivity index (χ0v) is 15.9. The molecule has 3 aromatic rings. The molecule has 0 amide bonds. The fourth-order valence-electron chi connectivity index (χ4n) is 4.08. The van der Waals surface area contributed by atoms with Crippen molar-refractivity contribution in [3.8, 4) is 22.4 Å². The molecule has 2 heterocycles. The van der Waals surface area contributed by atoms with Gasteiger partial charge in [-0.15, -0.1) is 0 Å². The average Bonchev–Trinajstić information content (AvgIpc) is 3.11. The van der Waals surface area contributed by atoms with E-state index in [1.807, 2.05) is 60.6 Å². The van der Waals surface area contributed by atoms with Crippen LogP contribution in [0.5, 0.6) is 0 Å². The number of aromatic nitrogens is 3. The van der Waals surface area contributed by atoms with Crippen molar-refractivity contribution in [3.05, 3.63) is 60.3 Å². The van der Waals surface area contributed by atoms with Crippen LogP contribution in [-0.2, 0) is 0 Å². The summed E-state index contributed by atoms with van der Waals surface area (Å²) in [5.41, 5.74) is 5.34. The summed E-state index contributed by atoms with van der Waals surface area (Å²) in [7, 11) is 4.04. The molecule has 0 N–H and O–H groups in total. The van der Waals surface area contributed by atoms with Crippen LogP contribution in [0.15, 0.2) is 48.8 Å². The second-order valence-electron chi connectivity index (χ2n) is 7.42. The lowest BCUT2D eigenvalue weighted by Gasteiger charge is -2.26. The molecule has 140 valence electrons. The Morgan fingerprint density at radius 3 is 2.22 bits per heavy atom. The van der Waals surface area contributed by atoms with Gasteiger partial charge in [0.1, 0.15) is 11.5 Å². The molecule has 0 atom stereocenters. The van der Waals surface area contributed by atoms with Crippen molar-refractivity contribution in [2.75, 3.05) is 19.1 Å². The zero-order valence-electron chi connectivity index (χ0n) is 15.9. The van der Waals surface area contributed by atoms with Crippen LogP contribution in [0.2, 0.25) is 0 Å². The van der Waals surface area contributed by atoms with E-state index in [-0.39, 0.29) is 5.82 Å². The van der Waals surface area contributed by atoms with Crippen LogP contribution in [0.3, 0.4) is 0 Å². The molecule has 0 unspecified atom stereocenters. The summed E-state index contributed by atoms with van der Waals surface area (Å²) in [5.74, 6) is 0.245. The van der Waals surface area contributed by atoms with E-state index in [2.05, 4.69) is 4.98 Å². The summed E-state index contributed by atoms with van der Waals surface area (Å²) in [6.45, 7) is 0. The molecule has 4 nitrogen and oxygen atoms in total. The summed E-state index contributed by atoms with van der Waals surface area (Å²) in [6, 6.07) is 10.7. The first-order valence-electron chi connectivity index (χ1n) is 9.62. The van der Waals surface area contributed by atoms with Crippen molar-refractivity contribution >= 4 is 0 Å². The minimum Gasteiger partial charge on any atom is -0.303 e. The Hall–Kier alpha value is -2.69. The smallest absolute Gasteiger partial charge is 0.123 e. The summed E-state index contributed by atoms with van der Waals surface area (Å²) < 4.78 is 13.5. The van der Waals surface area contributed by atoms with Gasteiger partial charge in [0, 0.05) is 43.5 Å². The number of benzene rings is 1. The SMILES string of the molecule is CN(C)n1nc(-c2ccc(F)cc2)c(-c2ccncc2)c1C1CCCCC1. The summed E-state index contributed by atoms with van der Waals surface area (Å²) in [6.07, 6.45) is 9.82. The second kappa shape index (κ2) is 7.51. The lowest BCUT2D eigenvalue weighted by Crippen LogP contribution is -2.29. The normalized spacial score (nSPS) is 15.1. The van der Waals surface area contributed by atoms with E-state index in [1.54, 1.807) is 0 Å². The van der Waals surface area contributed by atoms with E-state index in [4.69, 9.17) is 5.10 Å². The first kappa shape index (κ1) is 17.7. The lowest BCUT2D eigenvalue weighted by molar-refractivity contribution is 0.417. The van der Waals surface area contributed by atoms with Gasteiger partial charge in [0.2, 0.25) is 0 Å².